The van der Waals surface area contributed by atoms with Crippen molar-refractivity contribution in [3.8, 4) is 6.07 Å². The summed E-state index contributed by atoms with van der Waals surface area (Å²) in [6.45, 7) is 3.92. The van der Waals surface area contributed by atoms with E-state index in [1.54, 1.807) is 6.08 Å². The number of para-hydroxylation sites is 1. The quantitative estimate of drug-likeness (QED) is 0.558. The molecule has 0 amide bonds. The van der Waals surface area contributed by atoms with E-state index >= 15 is 0 Å². The van der Waals surface area contributed by atoms with Crippen LogP contribution in [-0.4, -0.2) is 12.1 Å². The van der Waals surface area contributed by atoms with Gasteiger partial charge in [-0.2, -0.15) is 10.3 Å². The summed E-state index contributed by atoms with van der Waals surface area (Å²) in [5.41, 5.74) is 1.65. The lowest BCUT2D eigenvalue weighted by Crippen LogP contribution is -1.84. The van der Waals surface area contributed by atoms with Crippen molar-refractivity contribution < 1.29 is 0 Å². The number of allylic oxidation sites excluding steroid dienone is 1. The second-order valence-electron chi connectivity index (χ2n) is 3.46. The summed E-state index contributed by atoms with van der Waals surface area (Å²) < 4.78 is 0. The Morgan fingerprint density at radius 1 is 1.31 bits per heavy atom. The zero-order valence-corrected chi connectivity index (χ0v) is 9.38. The monoisotopic (exact) mass is 211 g/mol. The Kier molecular flexibility index (Phi) is 4.72. The SMILES string of the molecule is CC(C)N=C=Nc1ccccc1/C=C/C#N. The zero-order valence-electron chi connectivity index (χ0n) is 9.38. The van der Waals surface area contributed by atoms with Crippen LogP contribution in [0.5, 0.6) is 0 Å². The molecular formula is C13H13N3. The van der Waals surface area contributed by atoms with Crippen LogP contribution < -0.4 is 0 Å². The predicted molar refractivity (Wildman–Crippen MR) is 65.7 cm³/mol. The van der Waals surface area contributed by atoms with Gasteiger partial charge in [-0.1, -0.05) is 18.2 Å². The Labute approximate surface area is 95.5 Å². The van der Waals surface area contributed by atoms with Gasteiger partial charge in [-0.3, -0.25) is 0 Å². The Hall–Kier alpha value is -2.17. The first-order valence-corrected chi connectivity index (χ1v) is 5.05. The molecule has 3 nitrogen and oxygen atoms in total. The summed E-state index contributed by atoms with van der Waals surface area (Å²) in [7, 11) is 0. The van der Waals surface area contributed by atoms with Gasteiger partial charge in [0.25, 0.3) is 0 Å². The standard InChI is InChI=1S/C13H13N3/c1-11(2)15-10-16-13-8-4-3-6-12(13)7-5-9-14/h3-8,11H,1-2H3/b7-5+. The molecule has 0 heterocycles. The molecule has 16 heavy (non-hydrogen) atoms. The molecule has 0 N–H and O–H groups in total. The van der Waals surface area contributed by atoms with Gasteiger partial charge in [0.05, 0.1) is 23.8 Å². The summed E-state index contributed by atoms with van der Waals surface area (Å²) in [6.07, 6.45) is 3.14. The van der Waals surface area contributed by atoms with Crippen molar-refractivity contribution >= 4 is 17.8 Å². The molecule has 1 rings (SSSR count). The average Bonchev–Trinajstić information content (AvgIpc) is 2.27. The molecule has 0 unspecified atom stereocenters. The molecule has 80 valence electrons. The van der Waals surface area contributed by atoms with Crippen molar-refractivity contribution in [1.82, 2.24) is 0 Å². The lowest BCUT2D eigenvalue weighted by atomic mass is 10.2. The average molecular weight is 211 g/mol. The lowest BCUT2D eigenvalue weighted by molar-refractivity contribution is 0.842. The van der Waals surface area contributed by atoms with Crippen molar-refractivity contribution in [2.75, 3.05) is 0 Å². The van der Waals surface area contributed by atoms with E-state index in [0.29, 0.717) is 0 Å². The molecule has 1 aromatic rings. The maximum Gasteiger partial charge on any atom is 0.0951 e. The first kappa shape index (κ1) is 11.9. The van der Waals surface area contributed by atoms with Gasteiger partial charge in [0.15, 0.2) is 0 Å². The van der Waals surface area contributed by atoms with E-state index < -0.39 is 0 Å². The molecule has 0 bridgehead atoms. The highest BCUT2D eigenvalue weighted by atomic mass is 14.8. The van der Waals surface area contributed by atoms with Gasteiger partial charge < -0.3 is 0 Å². The normalized spacial score (nSPS) is 9.88. The van der Waals surface area contributed by atoms with Crippen LogP contribution in [0.1, 0.15) is 19.4 Å². The first-order valence-electron chi connectivity index (χ1n) is 5.05. The van der Waals surface area contributed by atoms with E-state index in [4.69, 9.17) is 5.26 Å². The maximum absolute atomic E-state index is 8.47. The van der Waals surface area contributed by atoms with E-state index in [1.165, 1.54) is 6.08 Å². The third-order valence-corrected chi connectivity index (χ3v) is 1.76. The fraction of sp³-hybridized carbons (Fsp3) is 0.231. The van der Waals surface area contributed by atoms with E-state index in [-0.39, 0.29) is 6.04 Å². The van der Waals surface area contributed by atoms with Gasteiger partial charge in [0.1, 0.15) is 0 Å². The molecule has 0 spiro atoms. The highest BCUT2D eigenvalue weighted by Gasteiger charge is 1.94. The Morgan fingerprint density at radius 2 is 2.06 bits per heavy atom. The summed E-state index contributed by atoms with van der Waals surface area (Å²) >= 11 is 0. The zero-order chi connectivity index (χ0) is 11.8. The Morgan fingerprint density at radius 3 is 2.75 bits per heavy atom. The van der Waals surface area contributed by atoms with Crippen LogP contribution in [0.3, 0.4) is 0 Å². The molecule has 0 radical (unpaired) electrons. The molecule has 0 aliphatic rings. The molecule has 0 saturated heterocycles. The maximum atomic E-state index is 8.47. The molecule has 0 aromatic heterocycles. The van der Waals surface area contributed by atoms with E-state index in [1.807, 2.05) is 44.2 Å². The smallest absolute Gasteiger partial charge is 0.0951 e. The predicted octanol–water partition coefficient (Wildman–Crippen LogP) is 3.44. The highest BCUT2D eigenvalue weighted by Crippen LogP contribution is 2.19. The second-order valence-corrected chi connectivity index (χ2v) is 3.46. The minimum atomic E-state index is 0.186. The summed E-state index contributed by atoms with van der Waals surface area (Å²) in [5.74, 6) is 0. The molecule has 0 aliphatic carbocycles. The molecule has 0 fully saturated rings. The third-order valence-electron chi connectivity index (χ3n) is 1.76. The van der Waals surface area contributed by atoms with Crippen LogP contribution >= 0.6 is 0 Å². The van der Waals surface area contributed by atoms with Crippen LogP contribution in [-0.2, 0) is 0 Å². The van der Waals surface area contributed by atoms with Gasteiger partial charge in [0, 0.05) is 11.6 Å². The van der Waals surface area contributed by atoms with Gasteiger partial charge in [-0.05, 0) is 26.0 Å². The minimum Gasteiger partial charge on any atom is -0.223 e. The molecule has 1 aromatic carbocycles. The van der Waals surface area contributed by atoms with E-state index in [0.717, 1.165) is 11.3 Å². The number of nitrogens with zero attached hydrogens (tertiary/aromatic N) is 3. The van der Waals surface area contributed by atoms with E-state index in [2.05, 4.69) is 16.0 Å². The summed E-state index contributed by atoms with van der Waals surface area (Å²) in [5, 5.41) is 8.47. The summed E-state index contributed by atoms with van der Waals surface area (Å²) in [6, 6.07) is 12.3. The van der Waals surface area contributed by atoms with Gasteiger partial charge >= 0.3 is 0 Å². The van der Waals surface area contributed by atoms with Gasteiger partial charge in [0.2, 0.25) is 0 Å². The van der Waals surface area contributed by atoms with Crippen molar-refractivity contribution in [3.05, 3.63) is 35.9 Å². The van der Waals surface area contributed by atoms with Crippen molar-refractivity contribution in [3.63, 3.8) is 0 Å². The number of hydrogen-bond acceptors (Lipinski definition) is 3. The van der Waals surface area contributed by atoms with E-state index in [9.17, 15) is 0 Å². The largest absolute Gasteiger partial charge is 0.223 e. The second kappa shape index (κ2) is 6.34. The number of rotatable bonds is 3. The van der Waals surface area contributed by atoms with Gasteiger partial charge in [-0.25, -0.2) is 4.99 Å². The van der Waals surface area contributed by atoms with Crippen LogP contribution in [0.25, 0.3) is 6.08 Å². The third kappa shape index (κ3) is 3.91. The number of nitriles is 1. The minimum absolute atomic E-state index is 0.186. The number of aliphatic imine (C=N–C) groups is 2. The van der Waals surface area contributed by atoms with Crippen molar-refractivity contribution in [2.24, 2.45) is 9.98 Å². The highest BCUT2D eigenvalue weighted by molar-refractivity contribution is 5.67. The van der Waals surface area contributed by atoms with Crippen molar-refractivity contribution in [2.45, 2.75) is 19.9 Å². The lowest BCUT2D eigenvalue weighted by Gasteiger charge is -1.96. The summed E-state index contributed by atoms with van der Waals surface area (Å²) in [4.78, 5) is 8.16. The first-order chi connectivity index (χ1) is 7.74. The topological polar surface area (TPSA) is 48.5 Å². The fourth-order valence-electron chi connectivity index (χ4n) is 1.06. The molecule has 3 heteroatoms. The van der Waals surface area contributed by atoms with Crippen LogP contribution in [0.15, 0.2) is 40.3 Å². The molecule has 0 saturated carbocycles. The van der Waals surface area contributed by atoms with Crippen molar-refractivity contribution in [1.29, 1.82) is 5.26 Å². The van der Waals surface area contributed by atoms with Crippen LogP contribution in [0, 0.1) is 11.3 Å². The van der Waals surface area contributed by atoms with Crippen LogP contribution in [0.2, 0.25) is 0 Å². The molecule has 0 aliphatic heterocycles. The number of hydrogen-bond donors (Lipinski definition) is 0. The van der Waals surface area contributed by atoms with Crippen LogP contribution in [0.4, 0.5) is 5.69 Å². The number of benzene rings is 1. The molecular weight excluding hydrogens is 198 g/mol. The molecule has 0 atom stereocenters. The Bertz CT molecular complexity index is 472. The fourth-order valence-corrected chi connectivity index (χ4v) is 1.06. The Balaban J connectivity index is 3.01. The van der Waals surface area contributed by atoms with Gasteiger partial charge in [-0.15, -0.1) is 0 Å².